The van der Waals surface area contributed by atoms with E-state index in [1.54, 1.807) is 0 Å². The molecule has 1 heterocycles. The van der Waals surface area contributed by atoms with Crippen molar-refractivity contribution in [2.75, 3.05) is 33.4 Å². The third kappa shape index (κ3) is 3.44. The van der Waals surface area contributed by atoms with Crippen LogP contribution in [0.4, 0.5) is 0 Å². The molecule has 3 nitrogen and oxygen atoms in total. The van der Waals surface area contributed by atoms with Gasteiger partial charge in [0.05, 0.1) is 13.2 Å². The standard InChI is InChI=1S/C12H25NO2/c1-4-5-11(2)13(3)8-12(9-14)6-7-15-10-12/h11,14H,4-10H2,1-3H3. The van der Waals surface area contributed by atoms with Gasteiger partial charge in [-0.15, -0.1) is 0 Å². The van der Waals surface area contributed by atoms with Crippen molar-refractivity contribution in [3.63, 3.8) is 0 Å². The van der Waals surface area contributed by atoms with E-state index < -0.39 is 0 Å². The second-order valence-electron chi connectivity index (χ2n) is 5.01. The lowest BCUT2D eigenvalue weighted by Crippen LogP contribution is -2.42. The molecule has 1 rings (SSSR count). The molecule has 0 aromatic rings. The number of aliphatic hydroxyl groups is 1. The molecular weight excluding hydrogens is 190 g/mol. The van der Waals surface area contributed by atoms with Crippen molar-refractivity contribution in [3.05, 3.63) is 0 Å². The summed E-state index contributed by atoms with van der Waals surface area (Å²) < 4.78 is 5.41. The predicted molar refractivity (Wildman–Crippen MR) is 62.0 cm³/mol. The van der Waals surface area contributed by atoms with Crippen LogP contribution >= 0.6 is 0 Å². The van der Waals surface area contributed by atoms with Crippen LogP contribution in [0.1, 0.15) is 33.1 Å². The van der Waals surface area contributed by atoms with Crippen molar-refractivity contribution in [1.29, 1.82) is 0 Å². The largest absolute Gasteiger partial charge is 0.396 e. The first kappa shape index (κ1) is 12.9. The van der Waals surface area contributed by atoms with E-state index in [-0.39, 0.29) is 12.0 Å². The number of rotatable bonds is 6. The van der Waals surface area contributed by atoms with Crippen LogP contribution in [0.25, 0.3) is 0 Å². The second-order valence-corrected chi connectivity index (χ2v) is 5.01. The summed E-state index contributed by atoms with van der Waals surface area (Å²) in [5, 5.41) is 9.47. The van der Waals surface area contributed by atoms with E-state index in [4.69, 9.17) is 4.74 Å². The molecule has 1 N–H and O–H groups in total. The topological polar surface area (TPSA) is 32.7 Å². The van der Waals surface area contributed by atoms with Gasteiger partial charge in [0, 0.05) is 24.6 Å². The summed E-state index contributed by atoms with van der Waals surface area (Å²) in [4.78, 5) is 2.36. The maximum Gasteiger partial charge on any atom is 0.0557 e. The van der Waals surface area contributed by atoms with Crippen molar-refractivity contribution in [2.45, 2.75) is 39.2 Å². The zero-order valence-electron chi connectivity index (χ0n) is 10.3. The van der Waals surface area contributed by atoms with Crippen LogP contribution in [0.15, 0.2) is 0 Å². The molecule has 90 valence electrons. The zero-order valence-corrected chi connectivity index (χ0v) is 10.3. The van der Waals surface area contributed by atoms with Gasteiger partial charge < -0.3 is 14.7 Å². The summed E-state index contributed by atoms with van der Waals surface area (Å²) in [7, 11) is 2.15. The first-order valence-corrected chi connectivity index (χ1v) is 6.02. The normalized spacial score (nSPS) is 28.6. The summed E-state index contributed by atoms with van der Waals surface area (Å²) in [6.07, 6.45) is 3.43. The molecule has 0 aromatic heterocycles. The maximum absolute atomic E-state index is 9.47. The highest BCUT2D eigenvalue weighted by atomic mass is 16.5. The Balaban J connectivity index is 2.43. The summed E-state index contributed by atoms with van der Waals surface area (Å²) in [5.74, 6) is 0. The molecule has 1 saturated heterocycles. The first-order valence-electron chi connectivity index (χ1n) is 6.02. The molecule has 2 unspecified atom stereocenters. The van der Waals surface area contributed by atoms with Crippen molar-refractivity contribution in [1.82, 2.24) is 4.90 Å². The quantitative estimate of drug-likeness (QED) is 0.729. The van der Waals surface area contributed by atoms with E-state index in [2.05, 4.69) is 25.8 Å². The minimum Gasteiger partial charge on any atom is -0.396 e. The maximum atomic E-state index is 9.47. The molecule has 2 atom stereocenters. The van der Waals surface area contributed by atoms with E-state index in [0.29, 0.717) is 12.6 Å². The number of aliphatic hydroxyl groups excluding tert-OH is 1. The summed E-state index contributed by atoms with van der Waals surface area (Å²) in [6.45, 7) is 7.18. The van der Waals surface area contributed by atoms with Crippen LogP contribution in [0, 0.1) is 5.41 Å². The molecule has 0 amide bonds. The van der Waals surface area contributed by atoms with Crippen molar-refractivity contribution < 1.29 is 9.84 Å². The molecule has 15 heavy (non-hydrogen) atoms. The van der Waals surface area contributed by atoms with Gasteiger partial charge in [0.2, 0.25) is 0 Å². The van der Waals surface area contributed by atoms with Gasteiger partial charge in [-0.05, 0) is 26.8 Å². The molecule has 3 heteroatoms. The van der Waals surface area contributed by atoms with Crippen molar-refractivity contribution in [2.24, 2.45) is 5.41 Å². The first-order chi connectivity index (χ1) is 7.13. The zero-order chi connectivity index (χ0) is 11.3. The van der Waals surface area contributed by atoms with Crippen molar-refractivity contribution >= 4 is 0 Å². The third-order valence-electron chi connectivity index (χ3n) is 3.56. The average Bonchev–Trinajstić information content (AvgIpc) is 2.67. The van der Waals surface area contributed by atoms with Gasteiger partial charge in [0.25, 0.3) is 0 Å². The Labute approximate surface area is 93.4 Å². The molecule has 0 saturated carbocycles. The highest BCUT2D eigenvalue weighted by Gasteiger charge is 2.35. The van der Waals surface area contributed by atoms with Gasteiger partial charge >= 0.3 is 0 Å². The Bertz CT molecular complexity index is 178. The number of ether oxygens (including phenoxy) is 1. The monoisotopic (exact) mass is 215 g/mol. The summed E-state index contributed by atoms with van der Waals surface area (Å²) in [5.41, 5.74) is -0.00322. The van der Waals surface area contributed by atoms with E-state index in [0.717, 1.165) is 19.6 Å². The molecule has 0 spiro atoms. The molecule has 0 radical (unpaired) electrons. The van der Waals surface area contributed by atoms with E-state index in [1.165, 1.54) is 12.8 Å². The van der Waals surface area contributed by atoms with Crippen LogP contribution in [-0.4, -0.2) is 49.5 Å². The second kappa shape index (κ2) is 5.83. The third-order valence-corrected chi connectivity index (χ3v) is 3.56. The van der Waals surface area contributed by atoms with Gasteiger partial charge in [0.1, 0.15) is 0 Å². The lowest BCUT2D eigenvalue weighted by atomic mass is 9.87. The number of nitrogens with zero attached hydrogens (tertiary/aromatic N) is 1. The smallest absolute Gasteiger partial charge is 0.0557 e. The minimum absolute atomic E-state index is 0.00322. The van der Waals surface area contributed by atoms with Gasteiger partial charge in [0.15, 0.2) is 0 Å². The summed E-state index contributed by atoms with van der Waals surface area (Å²) in [6, 6.07) is 0.596. The van der Waals surface area contributed by atoms with Gasteiger partial charge in [-0.2, -0.15) is 0 Å². The molecule has 1 aliphatic heterocycles. The number of hydrogen-bond acceptors (Lipinski definition) is 3. The van der Waals surface area contributed by atoms with Crippen LogP contribution < -0.4 is 0 Å². The average molecular weight is 215 g/mol. The van der Waals surface area contributed by atoms with E-state index in [9.17, 15) is 5.11 Å². The fourth-order valence-corrected chi connectivity index (χ4v) is 2.27. The molecular formula is C12H25NO2. The Kier molecular flexibility index (Phi) is 5.03. The lowest BCUT2D eigenvalue weighted by Gasteiger charge is -2.34. The fraction of sp³-hybridized carbons (Fsp3) is 1.00. The fourth-order valence-electron chi connectivity index (χ4n) is 2.27. The molecule has 0 bridgehead atoms. The highest BCUT2D eigenvalue weighted by Crippen LogP contribution is 2.29. The Morgan fingerprint density at radius 3 is 2.73 bits per heavy atom. The lowest BCUT2D eigenvalue weighted by molar-refractivity contribution is 0.0528. The van der Waals surface area contributed by atoms with Gasteiger partial charge in [-0.1, -0.05) is 13.3 Å². The minimum atomic E-state index is -0.00322. The van der Waals surface area contributed by atoms with Crippen LogP contribution in [0.3, 0.4) is 0 Å². The molecule has 0 aliphatic carbocycles. The van der Waals surface area contributed by atoms with Gasteiger partial charge in [-0.25, -0.2) is 0 Å². The van der Waals surface area contributed by atoms with E-state index >= 15 is 0 Å². The molecule has 1 aliphatic rings. The van der Waals surface area contributed by atoms with Crippen LogP contribution in [-0.2, 0) is 4.74 Å². The van der Waals surface area contributed by atoms with Crippen LogP contribution in [0.2, 0.25) is 0 Å². The van der Waals surface area contributed by atoms with Crippen molar-refractivity contribution in [3.8, 4) is 0 Å². The van der Waals surface area contributed by atoms with Crippen LogP contribution in [0.5, 0.6) is 0 Å². The summed E-state index contributed by atoms with van der Waals surface area (Å²) >= 11 is 0. The Morgan fingerprint density at radius 2 is 2.27 bits per heavy atom. The Hall–Kier alpha value is -0.120. The Morgan fingerprint density at radius 1 is 1.53 bits per heavy atom. The molecule has 0 aromatic carbocycles. The predicted octanol–water partition coefficient (Wildman–Crippen LogP) is 1.51. The molecule has 1 fully saturated rings. The highest BCUT2D eigenvalue weighted by molar-refractivity contribution is 4.86. The SMILES string of the molecule is CCCC(C)N(C)CC1(CO)CCOC1. The van der Waals surface area contributed by atoms with E-state index in [1.807, 2.05) is 0 Å². The number of hydrogen-bond donors (Lipinski definition) is 1. The van der Waals surface area contributed by atoms with Gasteiger partial charge in [-0.3, -0.25) is 0 Å².